The van der Waals surface area contributed by atoms with E-state index in [0.717, 1.165) is 5.56 Å². The van der Waals surface area contributed by atoms with Crippen LogP contribution in [0.3, 0.4) is 0 Å². The molecule has 0 fully saturated rings. The van der Waals surface area contributed by atoms with Crippen molar-refractivity contribution in [2.75, 3.05) is 0 Å². The average molecular weight is 305 g/mol. The van der Waals surface area contributed by atoms with E-state index in [1.54, 1.807) is 12.1 Å². The SMILES string of the molecule is Cc1cc(C)c(COc2ccc(S(N)(=O)=O)cc2)c(C)c1. The third kappa shape index (κ3) is 3.83. The first-order valence-corrected chi connectivity index (χ1v) is 8.14. The highest BCUT2D eigenvalue weighted by atomic mass is 32.2. The zero-order chi connectivity index (χ0) is 15.6. The minimum absolute atomic E-state index is 0.0811. The molecule has 0 heterocycles. The second kappa shape index (κ2) is 5.87. The van der Waals surface area contributed by atoms with Gasteiger partial charge in [0.1, 0.15) is 12.4 Å². The maximum absolute atomic E-state index is 11.2. The molecule has 0 saturated carbocycles. The van der Waals surface area contributed by atoms with Crippen LogP contribution >= 0.6 is 0 Å². The molecule has 2 N–H and O–H groups in total. The van der Waals surface area contributed by atoms with Gasteiger partial charge in [0, 0.05) is 0 Å². The van der Waals surface area contributed by atoms with Gasteiger partial charge in [-0.25, -0.2) is 13.6 Å². The normalized spacial score (nSPS) is 11.4. The summed E-state index contributed by atoms with van der Waals surface area (Å²) in [5.41, 5.74) is 4.75. The molecule has 0 radical (unpaired) electrons. The van der Waals surface area contributed by atoms with Crippen molar-refractivity contribution in [3.05, 3.63) is 58.7 Å². The molecule has 5 heteroatoms. The Morgan fingerprint density at radius 3 is 2.00 bits per heavy atom. The molecule has 0 amide bonds. The van der Waals surface area contributed by atoms with Crippen molar-refractivity contribution in [2.24, 2.45) is 5.14 Å². The second-order valence-electron chi connectivity index (χ2n) is 5.18. The fourth-order valence-electron chi connectivity index (χ4n) is 2.32. The molecule has 0 bridgehead atoms. The number of nitrogens with two attached hydrogens (primary N) is 1. The van der Waals surface area contributed by atoms with Gasteiger partial charge in [0.05, 0.1) is 4.90 Å². The molecule has 4 nitrogen and oxygen atoms in total. The highest BCUT2D eigenvalue weighted by Gasteiger charge is 2.08. The molecule has 0 aliphatic heterocycles. The fraction of sp³-hybridized carbons (Fsp3) is 0.250. The Labute approximate surface area is 125 Å². The quantitative estimate of drug-likeness (QED) is 0.944. The molecule has 2 aromatic carbocycles. The number of hydrogen-bond acceptors (Lipinski definition) is 3. The van der Waals surface area contributed by atoms with Crippen LogP contribution in [0.5, 0.6) is 5.75 Å². The van der Waals surface area contributed by atoms with Gasteiger partial charge in [0.2, 0.25) is 10.0 Å². The van der Waals surface area contributed by atoms with Crippen molar-refractivity contribution in [1.29, 1.82) is 0 Å². The first-order valence-electron chi connectivity index (χ1n) is 6.60. The summed E-state index contributed by atoms with van der Waals surface area (Å²) in [6, 6.07) is 10.3. The van der Waals surface area contributed by atoms with Gasteiger partial charge in [-0.2, -0.15) is 0 Å². The molecule has 0 atom stereocenters. The number of benzene rings is 2. The van der Waals surface area contributed by atoms with Gasteiger partial charge < -0.3 is 4.74 Å². The summed E-state index contributed by atoms with van der Waals surface area (Å²) in [5, 5.41) is 5.06. The molecule has 2 aromatic rings. The Kier molecular flexibility index (Phi) is 4.34. The minimum Gasteiger partial charge on any atom is -0.489 e. The maximum Gasteiger partial charge on any atom is 0.238 e. The van der Waals surface area contributed by atoms with Gasteiger partial charge in [0.15, 0.2) is 0 Å². The van der Waals surface area contributed by atoms with E-state index in [4.69, 9.17) is 9.88 Å². The molecule has 0 aliphatic carbocycles. The Balaban J connectivity index is 2.14. The van der Waals surface area contributed by atoms with Gasteiger partial charge in [-0.15, -0.1) is 0 Å². The van der Waals surface area contributed by atoms with Crippen molar-refractivity contribution in [1.82, 2.24) is 0 Å². The minimum atomic E-state index is -3.66. The van der Waals surface area contributed by atoms with Crippen molar-refractivity contribution in [2.45, 2.75) is 32.3 Å². The van der Waals surface area contributed by atoms with Crippen molar-refractivity contribution < 1.29 is 13.2 Å². The summed E-state index contributed by atoms with van der Waals surface area (Å²) in [7, 11) is -3.66. The van der Waals surface area contributed by atoms with Gasteiger partial charge in [-0.3, -0.25) is 0 Å². The third-order valence-corrected chi connectivity index (χ3v) is 4.31. The summed E-state index contributed by atoms with van der Waals surface area (Å²) in [5.74, 6) is 0.613. The standard InChI is InChI=1S/C16H19NO3S/c1-11-8-12(2)16(13(3)9-11)10-20-14-4-6-15(7-5-14)21(17,18)19/h4-9H,10H2,1-3H3,(H2,17,18,19). The summed E-state index contributed by atoms with van der Waals surface area (Å²) in [6.45, 7) is 6.63. The first-order chi connectivity index (χ1) is 9.77. The summed E-state index contributed by atoms with van der Waals surface area (Å²) < 4.78 is 28.1. The summed E-state index contributed by atoms with van der Waals surface area (Å²) in [4.78, 5) is 0.0811. The number of aryl methyl sites for hydroxylation is 3. The number of ether oxygens (including phenoxy) is 1. The van der Waals surface area contributed by atoms with E-state index in [1.165, 1.54) is 28.8 Å². The predicted molar refractivity (Wildman–Crippen MR) is 82.8 cm³/mol. The maximum atomic E-state index is 11.2. The molecule has 21 heavy (non-hydrogen) atoms. The monoisotopic (exact) mass is 305 g/mol. The molecule has 0 aliphatic rings. The lowest BCUT2D eigenvalue weighted by Crippen LogP contribution is -2.11. The van der Waals surface area contributed by atoms with Crippen LogP contribution in [0, 0.1) is 20.8 Å². The highest BCUT2D eigenvalue weighted by Crippen LogP contribution is 2.20. The van der Waals surface area contributed by atoms with Gasteiger partial charge >= 0.3 is 0 Å². The Morgan fingerprint density at radius 2 is 1.52 bits per heavy atom. The molecular weight excluding hydrogens is 286 g/mol. The molecule has 0 saturated heterocycles. The van der Waals surface area contributed by atoms with E-state index in [1.807, 2.05) is 0 Å². The predicted octanol–water partition coefficient (Wildman–Crippen LogP) is 2.84. The molecule has 0 unspecified atom stereocenters. The average Bonchev–Trinajstić information content (AvgIpc) is 2.37. The molecule has 2 rings (SSSR count). The van der Waals surface area contributed by atoms with Crippen LogP contribution in [0.2, 0.25) is 0 Å². The van der Waals surface area contributed by atoms with Crippen LogP contribution in [0.25, 0.3) is 0 Å². The Morgan fingerprint density at radius 1 is 1.00 bits per heavy atom. The van der Waals surface area contributed by atoms with E-state index in [2.05, 4.69) is 32.9 Å². The lowest BCUT2D eigenvalue weighted by molar-refractivity contribution is 0.304. The van der Waals surface area contributed by atoms with Crippen LogP contribution < -0.4 is 9.88 Å². The largest absolute Gasteiger partial charge is 0.489 e. The van der Waals surface area contributed by atoms with E-state index in [-0.39, 0.29) is 4.90 Å². The van der Waals surface area contributed by atoms with Gasteiger partial charge in [-0.1, -0.05) is 17.7 Å². The topological polar surface area (TPSA) is 69.4 Å². The van der Waals surface area contributed by atoms with Crippen molar-refractivity contribution in [3.63, 3.8) is 0 Å². The van der Waals surface area contributed by atoms with Crippen LogP contribution in [-0.2, 0) is 16.6 Å². The summed E-state index contributed by atoms with van der Waals surface area (Å²) in [6.07, 6.45) is 0. The zero-order valence-corrected chi connectivity index (χ0v) is 13.2. The Hall–Kier alpha value is -1.85. The third-order valence-electron chi connectivity index (χ3n) is 3.38. The smallest absolute Gasteiger partial charge is 0.238 e. The molecule has 0 aromatic heterocycles. The van der Waals surface area contributed by atoms with Crippen LogP contribution in [-0.4, -0.2) is 8.42 Å². The molecular formula is C16H19NO3S. The number of sulfonamides is 1. The van der Waals surface area contributed by atoms with Crippen LogP contribution in [0.1, 0.15) is 22.3 Å². The number of rotatable bonds is 4. The zero-order valence-electron chi connectivity index (χ0n) is 12.4. The van der Waals surface area contributed by atoms with E-state index in [9.17, 15) is 8.42 Å². The second-order valence-corrected chi connectivity index (χ2v) is 6.74. The lowest BCUT2D eigenvalue weighted by atomic mass is 10.0. The first kappa shape index (κ1) is 15.5. The summed E-state index contributed by atoms with van der Waals surface area (Å²) >= 11 is 0. The van der Waals surface area contributed by atoms with Gasteiger partial charge in [-0.05, 0) is 61.7 Å². The van der Waals surface area contributed by atoms with E-state index >= 15 is 0 Å². The highest BCUT2D eigenvalue weighted by molar-refractivity contribution is 7.89. The van der Waals surface area contributed by atoms with E-state index in [0.29, 0.717) is 12.4 Å². The van der Waals surface area contributed by atoms with Crippen LogP contribution in [0.15, 0.2) is 41.3 Å². The molecule has 0 spiro atoms. The number of hydrogen-bond donors (Lipinski definition) is 1. The van der Waals surface area contributed by atoms with Crippen molar-refractivity contribution >= 4 is 10.0 Å². The molecule has 112 valence electrons. The fourth-order valence-corrected chi connectivity index (χ4v) is 2.83. The van der Waals surface area contributed by atoms with E-state index < -0.39 is 10.0 Å². The number of primary sulfonamides is 1. The Bertz CT molecular complexity index is 727. The lowest BCUT2D eigenvalue weighted by Gasteiger charge is -2.13. The van der Waals surface area contributed by atoms with Crippen LogP contribution in [0.4, 0.5) is 0 Å². The van der Waals surface area contributed by atoms with Crippen molar-refractivity contribution in [3.8, 4) is 5.75 Å². The van der Waals surface area contributed by atoms with Gasteiger partial charge in [0.25, 0.3) is 0 Å².